The van der Waals surface area contributed by atoms with Gasteiger partial charge < -0.3 is 5.73 Å². The lowest BCUT2D eigenvalue weighted by atomic mass is 10.2. The Labute approximate surface area is 106 Å². The second-order valence-corrected chi connectivity index (χ2v) is 7.57. The van der Waals surface area contributed by atoms with E-state index in [-0.39, 0.29) is 0 Å². The van der Waals surface area contributed by atoms with Gasteiger partial charge in [0, 0.05) is 18.0 Å². The van der Waals surface area contributed by atoms with Gasteiger partial charge in [-0.3, -0.25) is 0 Å². The van der Waals surface area contributed by atoms with Crippen molar-refractivity contribution in [3.63, 3.8) is 0 Å². The van der Waals surface area contributed by atoms with E-state index in [0.717, 1.165) is 23.6 Å². The molecule has 1 saturated carbocycles. The molecule has 1 fully saturated rings. The average Bonchev–Trinajstić information content (AvgIpc) is 2.98. The van der Waals surface area contributed by atoms with Crippen molar-refractivity contribution in [2.24, 2.45) is 11.7 Å². The minimum atomic E-state index is -3.31. The summed E-state index contributed by atoms with van der Waals surface area (Å²) in [5.41, 5.74) is 5.46. The lowest BCUT2D eigenvalue weighted by Gasteiger charge is -2.03. The molecule has 1 aromatic heterocycles. The van der Waals surface area contributed by atoms with Gasteiger partial charge in [-0.2, -0.15) is 0 Å². The van der Waals surface area contributed by atoms with E-state index in [0.29, 0.717) is 17.3 Å². The highest BCUT2D eigenvalue weighted by molar-refractivity contribution is 7.91. The van der Waals surface area contributed by atoms with Crippen LogP contribution in [0.2, 0.25) is 0 Å². The number of thiophene rings is 1. The van der Waals surface area contributed by atoms with Crippen molar-refractivity contribution >= 4 is 21.4 Å². The molecular formula is C11H18N2O2S2. The molecule has 0 unspecified atom stereocenters. The van der Waals surface area contributed by atoms with E-state index in [4.69, 9.17) is 5.73 Å². The minimum absolute atomic E-state index is 0.365. The molecule has 0 spiro atoms. The van der Waals surface area contributed by atoms with Crippen LogP contribution in [-0.2, 0) is 16.6 Å². The molecule has 1 aliphatic carbocycles. The Morgan fingerprint density at radius 3 is 2.76 bits per heavy atom. The van der Waals surface area contributed by atoms with Crippen LogP contribution in [0.1, 0.15) is 30.6 Å². The molecule has 1 heterocycles. The standard InChI is InChI=1S/C11H18N2O2S2/c12-8-10-5-6-11(16-10)17(14,15)13-7-1-2-9-3-4-9/h5-6,9,13H,1-4,7-8,12H2. The van der Waals surface area contributed by atoms with Crippen LogP contribution in [0.3, 0.4) is 0 Å². The summed E-state index contributed by atoms with van der Waals surface area (Å²) in [5, 5.41) is 0. The Morgan fingerprint density at radius 2 is 2.18 bits per heavy atom. The largest absolute Gasteiger partial charge is 0.326 e. The van der Waals surface area contributed by atoms with Gasteiger partial charge in [-0.1, -0.05) is 12.8 Å². The van der Waals surface area contributed by atoms with Crippen molar-refractivity contribution in [2.45, 2.75) is 36.4 Å². The molecule has 0 bridgehead atoms. The van der Waals surface area contributed by atoms with Crippen LogP contribution in [0, 0.1) is 5.92 Å². The van der Waals surface area contributed by atoms with Gasteiger partial charge in [0.05, 0.1) is 0 Å². The number of hydrogen-bond acceptors (Lipinski definition) is 4. The van der Waals surface area contributed by atoms with Crippen LogP contribution in [0.5, 0.6) is 0 Å². The zero-order valence-electron chi connectivity index (χ0n) is 9.69. The monoisotopic (exact) mass is 274 g/mol. The van der Waals surface area contributed by atoms with Gasteiger partial charge in [-0.05, 0) is 30.9 Å². The Bertz CT molecular complexity index is 464. The third-order valence-corrected chi connectivity index (χ3v) is 5.94. The van der Waals surface area contributed by atoms with E-state index in [1.165, 1.54) is 24.2 Å². The number of nitrogens with two attached hydrogens (primary N) is 1. The van der Waals surface area contributed by atoms with E-state index in [1.807, 2.05) is 0 Å². The van der Waals surface area contributed by atoms with Crippen LogP contribution in [0.4, 0.5) is 0 Å². The average molecular weight is 274 g/mol. The maximum Gasteiger partial charge on any atom is 0.250 e. The molecule has 0 aliphatic heterocycles. The van der Waals surface area contributed by atoms with Crippen molar-refractivity contribution in [2.75, 3.05) is 6.54 Å². The molecule has 0 amide bonds. The number of sulfonamides is 1. The first-order valence-electron chi connectivity index (χ1n) is 5.90. The smallest absolute Gasteiger partial charge is 0.250 e. The zero-order chi connectivity index (χ0) is 12.3. The molecule has 1 aliphatic rings. The first-order chi connectivity index (χ1) is 8.12. The molecule has 0 saturated heterocycles. The van der Waals surface area contributed by atoms with E-state index in [1.54, 1.807) is 12.1 Å². The second kappa shape index (κ2) is 5.48. The molecule has 2 rings (SSSR count). The summed E-state index contributed by atoms with van der Waals surface area (Å²) in [4.78, 5) is 0.892. The molecule has 0 atom stereocenters. The Kier molecular flexibility index (Phi) is 4.19. The van der Waals surface area contributed by atoms with Crippen molar-refractivity contribution in [3.8, 4) is 0 Å². The lowest BCUT2D eigenvalue weighted by molar-refractivity contribution is 0.574. The summed E-state index contributed by atoms with van der Waals surface area (Å²) >= 11 is 1.24. The fourth-order valence-electron chi connectivity index (χ4n) is 1.69. The highest BCUT2D eigenvalue weighted by atomic mass is 32.2. The fourth-order valence-corrected chi connectivity index (χ4v) is 4.04. The molecule has 3 N–H and O–H groups in total. The summed E-state index contributed by atoms with van der Waals surface area (Å²) < 4.78 is 26.8. The van der Waals surface area contributed by atoms with E-state index in [9.17, 15) is 8.42 Å². The van der Waals surface area contributed by atoms with Gasteiger partial charge in [0.1, 0.15) is 4.21 Å². The Hall–Kier alpha value is -0.430. The molecule has 0 aromatic carbocycles. The summed E-state index contributed by atoms with van der Waals surface area (Å²) in [6.45, 7) is 0.927. The first kappa shape index (κ1) is 13.0. The quantitative estimate of drug-likeness (QED) is 0.743. The number of hydrogen-bond donors (Lipinski definition) is 2. The van der Waals surface area contributed by atoms with Gasteiger partial charge in [-0.15, -0.1) is 11.3 Å². The zero-order valence-corrected chi connectivity index (χ0v) is 11.3. The predicted molar refractivity (Wildman–Crippen MR) is 69.4 cm³/mol. The normalized spacial score (nSPS) is 16.3. The van der Waals surface area contributed by atoms with Crippen LogP contribution >= 0.6 is 11.3 Å². The molecular weight excluding hydrogens is 256 g/mol. The van der Waals surface area contributed by atoms with Crippen molar-refractivity contribution in [1.82, 2.24) is 4.72 Å². The van der Waals surface area contributed by atoms with E-state index >= 15 is 0 Å². The van der Waals surface area contributed by atoms with Crippen LogP contribution in [0.25, 0.3) is 0 Å². The highest BCUT2D eigenvalue weighted by Crippen LogP contribution is 2.33. The van der Waals surface area contributed by atoms with E-state index in [2.05, 4.69) is 4.72 Å². The maximum atomic E-state index is 11.9. The van der Waals surface area contributed by atoms with Gasteiger partial charge >= 0.3 is 0 Å². The topological polar surface area (TPSA) is 72.2 Å². The maximum absolute atomic E-state index is 11.9. The third-order valence-electron chi connectivity index (χ3n) is 2.88. The minimum Gasteiger partial charge on any atom is -0.326 e. The van der Waals surface area contributed by atoms with Crippen molar-refractivity contribution in [3.05, 3.63) is 17.0 Å². The van der Waals surface area contributed by atoms with Gasteiger partial charge in [-0.25, -0.2) is 13.1 Å². The first-order valence-corrected chi connectivity index (χ1v) is 8.20. The summed E-state index contributed by atoms with van der Waals surface area (Å²) in [5.74, 6) is 0.852. The van der Waals surface area contributed by atoms with Crippen molar-refractivity contribution < 1.29 is 8.42 Å². The molecule has 1 aromatic rings. The summed E-state index contributed by atoms with van der Waals surface area (Å²) in [6.07, 6.45) is 4.70. The molecule has 0 radical (unpaired) electrons. The fraction of sp³-hybridized carbons (Fsp3) is 0.636. The highest BCUT2D eigenvalue weighted by Gasteiger charge is 2.21. The number of nitrogens with one attached hydrogen (secondary N) is 1. The SMILES string of the molecule is NCc1ccc(S(=O)(=O)NCCCC2CC2)s1. The van der Waals surface area contributed by atoms with Gasteiger partial charge in [0.15, 0.2) is 0 Å². The Morgan fingerprint density at radius 1 is 1.41 bits per heavy atom. The van der Waals surface area contributed by atoms with Crippen molar-refractivity contribution in [1.29, 1.82) is 0 Å². The lowest BCUT2D eigenvalue weighted by Crippen LogP contribution is -2.24. The predicted octanol–water partition coefficient (Wildman–Crippen LogP) is 1.68. The molecule has 96 valence electrons. The molecule has 4 nitrogen and oxygen atoms in total. The van der Waals surface area contributed by atoms with Gasteiger partial charge in [0.2, 0.25) is 10.0 Å². The molecule has 17 heavy (non-hydrogen) atoms. The Balaban J connectivity index is 1.84. The van der Waals surface area contributed by atoms with Crippen LogP contribution in [-0.4, -0.2) is 15.0 Å². The number of rotatable bonds is 7. The van der Waals surface area contributed by atoms with Crippen LogP contribution in [0.15, 0.2) is 16.3 Å². The van der Waals surface area contributed by atoms with E-state index < -0.39 is 10.0 Å². The van der Waals surface area contributed by atoms with Crippen LogP contribution < -0.4 is 10.5 Å². The third kappa shape index (κ3) is 3.77. The molecule has 6 heteroatoms. The summed E-state index contributed by atoms with van der Waals surface area (Å²) in [7, 11) is -3.31. The summed E-state index contributed by atoms with van der Waals surface area (Å²) in [6, 6.07) is 3.39. The second-order valence-electron chi connectivity index (χ2n) is 4.41. The van der Waals surface area contributed by atoms with Gasteiger partial charge in [0.25, 0.3) is 0 Å².